The molecule has 0 spiro atoms. The Bertz CT molecular complexity index is 545. The molecule has 98 valence electrons. The number of benzene rings is 1. The molecule has 0 aliphatic heterocycles. The average Bonchev–Trinajstić information content (AvgIpc) is 2.42. The second kappa shape index (κ2) is 6.50. The topological polar surface area (TPSA) is 16.1 Å². The summed E-state index contributed by atoms with van der Waals surface area (Å²) in [7, 11) is 4.11. The van der Waals surface area contributed by atoms with Gasteiger partial charge in [0.2, 0.25) is 0 Å². The van der Waals surface area contributed by atoms with Gasteiger partial charge in [0.25, 0.3) is 0 Å². The molecule has 0 amide bonds. The molecule has 1 aromatic heterocycles. The van der Waals surface area contributed by atoms with Gasteiger partial charge in [0.1, 0.15) is 0 Å². The lowest BCUT2D eigenvalue weighted by molar-refractivity contribution is 0.457. The molecule has 2 rings (SSSR count). The summed E-state index contributed by atoms with van der Waals surface area (Å²) in [6.07, 6.45) is 5.88. The van der Waals surface area contributed by atoms with Crippen molar-refractivity contribution < 1.29 is 0 Å². The van der Waals surface area contributed by atoms with E-state index in [1.54, 1.807) is 6.20 Å². The maximum atomic E-state index is 5.95. The van der Waals surface area contributed by atoms with E-state index in [0.717, 1.165) is 22.7 Å². The molecule has 0 aliphatic rings. The van der Waals surface area contributed by atoms with Crippen LogP contribution in [-0.2, 0) is 0 Å². The maximum absolute atomic E-state index is 5.95. The number of nitrogens with zero attached hydrogens (tertiary/aromatic N) is 2. The number of pyridine rings is 1. The lowest BCUT2D eigenvalue weighted by Gasteiger charge is -2.11. The van der Waals surface area contributed by atoms with Gasteiger partial charge in [0.05, 0.1) is 0 Å². The van der Waals surface area contributed by atoms with Crippen LogP contribution in [0.3, 0.4) is 0 Å². The largest absolute Gasteiger partial charge is 0.306 e. The minimum absolute atomic E-state index is 0.752. The third-order valence-corrected chi connectivity index (χ3v) is 3.04. The van der Waals surface area contributed by atoms with Crippen LogP contribution in [0.15, 0.2) is 54.9 Å². The van der Waals surface area contributed by atoms with Gasteiger partial charge in [0.15, 0.2) is 0 Å². The van der Waals surface area contributed by atoms with Crippen LogP contribution in [0.1, 0.15) is 11.1 Å². The number of hydrogen-bond acceptors (Lipinski definition) is 2. The molecule has 0 saturated heterocycles. The minimum atomic E-state index is 0.752. The Kier molecular flexibility index (Phi) is 4.72. The van der Waals surface area contributed by atoms with Crippen molar-refractivity contribution in [3.63, 3.8) is 0 Å². The highest BCUT2D eigenvalue weighted by molar-refractivity contribution is 6.30. The Hall–Kier alpha value is -1.64. The van der Waals surface area contributed by atoms with Crippen molar-refractivity contribution >= 4 is 17.2 Å². The number of likely N-dealkylation sites (N-methyl/N-ethyl adjacent to an activating group) is 1. The molecule has 0 saturated carbocycles. The number of aromatic nitrogens is 1. The molecule has 1 heterocycles. The monoisotopic (exact) mass is 272 g/mol. The molecule has 2 aromatic rings. The summed E-state index contributed by atoms with van der Waals surface area (Å²) in [6, 6.07) is 11.9. The van der Waals surface area contributed by atoms with Crippen LogP contribution in [0.25, 0.3) is 5.57 Å². The summed E-state index contributed by atoms with van der Waals surface area (Å²) in [6.45, 7) is 0.882. The Balaban J connectivity index is 2.40. The van der Waals surface area contributed by atoms with Crippen LogP contribution in [0, 0.1) is 0 Å². The van der Waals surface area contributed by atoms with Crippen LogP contribution in [0.2, 0.25) is 5.02 Å². The van der Waals surface area contributed by atoms with E-state index in [1.807, 2.05) is 36.5 Å². The van der Waals surface area contributed by atoms with Crippen LogP contribution in [0.4, 0.5) is 0 Å². The fourth-order valence-corrected chi connectivity index (χ4v) is 1.95. The number of halogens is 1. The van der Waals surface area contributed by atoms with Crippen molar-refractivity contribution in [2.24, 2.45) is 0 Å². The quantitative estimate of drug-likeness (QED) is 0.843. The maximum Gasteiger partial charge on any atom is 0.0406 e. The van der Waals surface area contributed by atoms with Crippen LogP contribution >= 0.6 is 11.6 Å². The first-order chi connectivity index (χ1) is 9.16. The van der Waals surface area contributed by atoms with Gasteiger partial charge in [-0.3, -0.25) is 4.98 Å². The minimum Gasteiger partial charge on any atom is -0.306 e. The van der Waals surface area contributed by atoms with E-state index in [0.29, 0.717) is 0 Å². The molecule has 0 aliphatic carbocycles. The fraction of sp³-hybridized carbons (Fsp3) is 0.188. The van der Waals surface area contributed by atoms with Crippen LogP contribution < -0.4 is 0 Å². The van der Waals surface area contributed by atoms with Gasteiger partial charge < -0.3 is 4.90 Å². The molecule has 0 unspecified atom stereocenters. The summed E-state index contributed by atoms with van der Waals surface area (Å²) in [4.78, 5) is 6.33. The first kappa shape index (κ1) is 13.8. The van der Waals surface area contributed by atoms with Crippen LogP contribution in [0.5, 0.6) is 0 Å². The summed E-state index contributed by atoms with van der Waals surface area (Å²) in [5, 5.41) is 0.752. The summed E-state index contributed by atoms with van der Waals surface area (Å²) in [5.74, 6) is 0. The lowest BCUT2D eigenvalue weighted by atomic mass is 9.99. The van der Waals surface area contributed by atoms with Crippen molar-refractivity contribution in [2.75, 3.05) is 20.6 Å². The van der Waals surface area contributed by atoms with Crippen molar-refractivity contribution in [2.45, 2.75) is 0 Å². The highest BCUT2D eigenvalue weighted by atomic mass is 35.5. The zero-order valence-electron chi connectivity index (χ0n) is 11.2. The van der Waals surface area contributed by atoms with Crippen molar-refractivity contribution in [1.82, 2.24) is 9.88 Å². The highest BCUT2D eigenvalue weighted by Crippen LogP contribution is 2.24. The van der Waals surface area contributed by atoms with Gasteiger partial charge >= 0.3 is 0 Å². The van der Waals surface area contributed by atoms with E-state index in [-0.39, 0.29) is 0 Å². The Morgan fingerprint density at radius 3 is 2.47 bits per heavy atom. The van der Waals surface area contributed by atoms with Crippen molar-refractivity contribution in [3.05, 3.63) is 71.0 Å². The molecule has 1 aromatic carbocycles. The third-order valence-electron chi connectivity index (χ3n) is 2.79. The summed E-state index contributed by atoms with van der Waals surface area (Å²) < 4.78 is 0. The predicted octanol–water partition coefficient (Wildman–Crippen LogP) is 3.73. The molecule has 0 atom stereocenters. The predicted molar refractivity (Wildman–Crippen MR) is 81.3 cm³/mol. The number of rotatable bonds is 4. The van der Waals surface area contributed by atoms with E-state index in [4.69, 9.17) is 11.6 Å². The van der Waals surface area contributed by atoms with E-state index in [9.17, 15) is 0 Å². The van der Waals surface area contributed by atoms with Gasteiger partial charge in [-0.2, -0.15) is 0 Å². The average molecular weight is 273 g/mol. The summed E-state index contributed by atoms with van der Waals surface area (Å²) in [5.41, 5.74) is 3.45. The molecule has 0 fully saturated rings. The SMILES string of the molecule is CN(C)C/C=C(\c1ccc(Cl)cc1)c1cccnc1. The van der Waals surface area contributed by atoms with Gasteiger partial charge in [-0.25, -0.2) is 0 Å². The second-order valence-electron chi connectivity index (χ2n) is 4.63. The molecule has 2 nitrogen and oxygen atoms in total. The fourth-order valence-electron chi connectivity index (χ4n) is 1.83. The van der Waals surface area contributed by atoms with E-state index < -0.39 is 0 Å². The van der Waals surface area contributed by atoms with E-state index >= 15 is 0 Å². The highest BCUT2D eigenvalue weighted by Gasteiger charge is 2.05. The zero-order chi connectivity index (χ0) is 13.7. The van der Waals surface area contributed by atoms with Crippen molar-refractivity contribution in [3.8, 4) is 0 Å². The molecule has 3 heteroatoms. The first-order valence-electron chi connectivity index (χ1n) is 6.18. The molecule has 0 radical (unpaired) electrons. The Labute approximate surface area is 119 Å². The standard InChI is InChI=1S/C16H17ClN2/c1-19(2)11-9-16(14-4-3-10-18-12-14)13-5-7-15(17)8-6-13/h3-10,12H,11H2,1-2H3/b16-9+. The van der Waals surface area contributed by atoms with Crippen molar-refractivity contribution in [1.29, 1.82) is 0 Å². The van der Waals surface area contributed by atoms with E-state index in [1.165, 1.54) is 5.57 Å². The smallest absolute Gasteiger partial charge is 0.0406 e. The van der Waals surface area contributed by atoms with Crippen LogP contribution in [-0.4, -0.2) is 30.5 Å². The normalized spacial score (nSPS) is 11.9. The molecule has 0 N–H and O–H groups in total. The molecular formula is C16H17ClN2. The lowest BCUT2D eigenvalue weighted by Crippen LogP contribution is -2.11. The third kappa shape index (κ3) is 3.91. The van der Waals surface area contributed by atoms with Gasteiger partial charge in [-0.05, 0) is 43.4 Å². The zero-order valence-corrected chi connectivity index (χ0v) is 11.9. The number of hydrogen-bond donors (Lipinski definition) is 0. The van der Waals surface area contributed by atoms with Gasteiger partial charge in [-0.1, -0.05) is 35.9 Å². The second-order valence-corrected chi connectivity index (χ2v) is 5.07. The van der Waals surface area contributed by atoms with Gasteiger partial charge in [-0.15, -0.1) is 0 Å². The molecule has 19 heavy (non-hydrogen) atoms. The first-order valence-corrected chi connectivity index (χ1v) is 6.56. The summed E-state index contributed by atoms with van der Waals surface area (Å²) >= 11 is 5.95. The van der Waals surface area contributed by atoms with Gasteiger partial charge in [0, 0.05) is 29.5 Å². The Morgan fingerprint density at radius 2 is 1.89 bits per heavy atom. The van der Waals surface area contributed by atoms with E-state index in [2.05, 4.69) is 36.1 Å². The Morgan fingerprint density at radius 1 is 1.16 bits per heavy atom. The molecular weight excluding hydrogens is 256 g/mol. The molecule has 0 bridgehead atoms.